The number of sulfone groups is 1. The van der Waals surface area contributed by atoms with Crippen molar-refractivity contribution in [3.63, 3.8) is 0 Å². The molecule has 0 aromatic rings. The van der Waals surface area contributed by atoms with Crippen molar-refractivity contribution in [2.24, 2.45) is 5.10 Å². The van der Waals surface area contributed by atoms with Crippen molar-refractivity contribution in [1.82, 2.24) is 10.3 Å². The van der Waals surface area contributed by atoms with Gasteiger partial charge in [0.05, 0.1) is 38.2 Å². The number of hydrazone groups is 1. The van der Waals surface area contributed by atoms with Crippen LogP contribution in [0.3, 0.4) is 0 Å². The first-order valence-electron chi connectivity index (χ1n) is 9.91. The zero-order chi connectivity index (χ0) is 19.7. The second kappa shape index (κ2) is 7.87. The van der Waals surface area contributed by atoms with E-state index in [-0.39, 0.29) is 35.3 Å². The Morgan fingerprint density at radius 1 is 1.26 bits per heavy atom. The number of amides is 2. The minimum Gasteiger partial charge on any atom is -0.345 e. The van der Waals surface area contributed by atoms with Gasteiger partial charge in [-0.1, -0.05) is 6.42 Å². The minimum atomic E-state index is -3.11. The van der Waals surface area contributed by atoms with Crippen LogP contribution in [-0.4, -0.2) is 74.7 Å². The molecule has 0 unspecified atom stereocenters. The summed E-state index contributed by atoms with van der Waals surface area (Å²) in [4.78, 5) is 26.2. The van der Waals surface area contributed by atoms with Crippen molar-refractivity contribution in [1.29, 1.82) is 0 Å². The number of likely N-dealkylation sites (N-methyl/N-ethyl adjacent to an activating group) is 1. The molecule has 2 heterocycles. The molecule has 0 spiro atoms. The lowest BCUT2D eigenvalue weighted by molar-refractivity contribution is -0.916. The van der Waals surface area contributed by atoms with Crippen LogP contribution in [0.15, 0.2) is 5.10 Å². The van der Waals surface area contributed by atoms with Crippen LogP contribution in [0, 0.1) is 0 Å². The van der Waals surface area contributed by atoms with Gasteiger partial charge in [0, 0.05) is 25.7 Å². The lowest BCUT2D eigenvalue weighted by atomic mass is 9.80. The van der Waals surface area contributed by atoms with Gasteiger partial charge in [-0.2, -0.15) is 5.10 Å². The molecule has 3 aliphatic rings. The summed E-state index contributed by atoms with van der Waals surface area (Å²) >= 11 is 0. The van der Waals surface area contributed by atoms with Gasteiger partial charge in [-0.25, -0.2) is 13.4 Å². The van der Waals surface area contributed by atoms with Gasteiger partial charge in [0.2, 0.25) is 5.91 Å². The zero-order valence-electron chi connectivity index (χ0n) is 16.3. The normalized spacial score (nSPS) is 27.5. The fraction of sp³-hybridized carbons (Fsp3) is 0.833. The fourth-order valence-electron chi connectivity index (χ4n) is 4.42. The van der Waals surface area contributed by atoms with Crippen LogP contribution < -0.4 is 10.2 Å². The Labute approximate surface area is 161 Å². The number of rotatable bonds is 5. The molecular formula is C18H31N4O4S+. The minimum absolute atomic E-state index is 0.0537. The third kappa shape index (κ3) is 4.51. The SMILES string of the molecule is C[NH+](C)C1(CNC(=O)C2=NN([C@H]3CCS(=O)(=O)C3)C(=O)CC2)CCCCC1. The molecule has 2 aliphatic heterocycles. The number of hydrogen-bond donors (Lipinski definition) is 2. The highest BCUT2D eigenvalue weighted by Crippen LogP contribution is 2.25. The van der Waals surface area contributed by atoms with E-state index in [1.165, 1.54) is 29.2 Å². The molecule has 27 heavy (non-hydrogen) atoms. The topological polar surface area (TPSA) is 100 Å². The molecule has 152 valence electrons. The number of hydrogen-bond acceptors (Lipinski definition) is 5. The maximum atomic E-state index is 12.7. The summed E-state index contributed by atoms with van der Waals surface area (Å²) in [5, 5.41) is 8.55. The average Bonchev–Trinajstić information content (AvgIpc) is 3.00. The van der Waals surface area contributed by atoms with Crippen LogP contribution >= 0.6 is 0 Å². The van der Waals surface area contributed by atoms with Crippen molar-refractivity contribution in [3.8, 4) is 0 Å². The number of nitrogens with one attached hydrogen (secondary N) is 2. The van der Waals surface area contributed by atoms with E-state index in [4.69, 9.17) is 0 Å². The first-order chi connectivity index (χ1) is 12.7. The van der Waals surface area contributed by atoms with Gasteiger partial charge < -0.3 is 10.2 Å². The van der Waals surface area contributed by atoms with Gasteiger partial charge in [-0.15, -0.1) is 0 Å². The molecular weight excluding hydrogens is 368 g/mol. The smallest absolute Gasteiger partial charge is 0.267 e. The average molecular weight is 400 g/mol. The molecule has 9 heteroatoms. The summed E-state index contributed by atoms with van der Waals surface area (Å²) in [6.07, 6.45) is 6.69. The van der Waals surface area contributed by atoms with Crippen molar-refractivity contribution in [2.75, 3.05) is 32.1 Å². The molecule has 0 bridgehead atoms. The molecule has 2 N–H and O–H groups in total. The van der Waals surface area contributed by atoms with E-state index in [1.54, 1.807) is 0 Å². The molecule has 2 amide bonds. The van der Waals surface area contributed by atoms with E-state index in [1.807, 2.05) is 0 Å². The van der Waals surface area contributed by atoms with Crippen molar-refractivity contribution in [3.05, 3.63) is 0 Å². The highest BCUT2D eigenvalue weighted by Gasteiger charge is 2.40. The van der Waals surface area contributed by atoms with E-state index in [2.05, 4.69) is 24.5 Å². The molecule has 0 radical (unpaired) electrons. The maximum absolute atomic E-state index is 12.7. The van der Waals surface area contributed by atoms with Crippen molar-refractivity contribution in [2.45, 2.75) is 62.9 Å². The van der Waals surface area contributed by atoms with Crippen LogP contribution in [0.1, 0.15) is 51.4 Å². The van der Waals surface area contributed by atoms with Gasteiger partial charge in [0.1, 0.15) is 11.3 Å². The Bertz CT molecular complexity index is 726. The van der Waals surface area contributed by atoms with E-state index >= 15 is 0 Å². The lowest BCUT2D eigenvalue weighted by Gasteiger charge is -2.40. The molecule has 0 aromatic heterocycles. The van der Waals surface area contributed by atoms with Crippen LogP contribution in [0.2, 0.25) is 0 Å². The Kier molecular flexibility index (Phi) is 5.90. The molecule has 1 saturated heterocycles. The Morgan fingerprint density at radius 2 is 1.96 bits per heavy atom. The number of carbonyl (C=O) groups excluding carboxylic acids is 2. The van der Waals surface area contributed by atoms with Gasteiger partial charge in [0.15, 0.2) is 9.84 Å². The highest BCUT2D eigenvalue weighted by atomic mass is 32.2. The third-order valence-electron chi connectivity index (χ3n) is 6.33. The first-order valence-corrected chi connectivity index (χ1v) is 11.7. The second-order valence-electron chi connectivity index (χ2n) is 8.37. The fourth-order valence-corrected chi connectivity index (χ4v) is 6.11. The quantitative estimate of drug-likeness (QED) is 0.627. The monoisotopic (exact) mass is 399 g/mol. The predicted octanol–water partition coefficient (Wildman–Crippen LogP) is -0.884. The van der Waals surface area contributed by atoms with Crippen LogP contribution in [0.4, 0.5) is 0 Å². The van der Waals surface area contributed by atoms with Crippen LogP contribution in [-0.2, 0) is 19.4 Å². The number of carbonyl (C=O) groups is 2. The molecule has 8 nitrogen and oxygen atoms in total. The Hall–Kier alpha value is -1.48. The van der Waals surface area contributed by atoms with E-state index < -0.39 is 15.9 Å². The van der Waals surface area contributed by atoms with Gasteiger partial charge in [0.25, 0.3) is 5.91 Å². The number of nitrogens with zero attached hydrogens (tertiary/aromatic N) is 2. The molecule has 3 rings (SSSR count). The summed E-state index contributed by atoms with van der Waals surface area (Å²) in [5.74, 6) is -0.425. The van der Waals surface area contributed by atoms with Crippen LogP contribution in [0.5, 0.6) is 0 Å². The van der Waals surface area contributed by atoms with Gasteiger partial charge >= 0.3 is 0 Å². The Morgan fingerprint density at radius 3 is 2.56 bits per heavy atom. The number of quaternary nitrogens is 1. The molecule has 1 atom stereocenters. The first kappa shape index (κ1) is 20.3. The Balaban J connectivity index is 1.66. The van der Waals surface area contributed by atoms with E-state index in [9.17, 15) is 18.0 Å². The van der Waals surface area contributed by atoms with Crippen LogP contribution in [0.25, 0.3) is 0 Å². The summed E-state index contributed by atoms with van der Waals surface area (Å²) < 4.78 is 23.4. The standard InChI is InChI=1S/C18H30N4O4S/c1-21(2)18(9-4-3-5-10-18)13-19-17(24)15-6-7-16(23)22(20-15)14-8-11-27(25,26)12-14/h14H,3-13H2,1-2H3,(H,19,24)/p+1/t14-/m0/s1. The molecule has 1 aliphatic carbocycles. The zero-order valence-corrected chi connectivity index (χ0v) is 17.1. The second-order valence-corrected chi connectivity index (χ2v) is 10.6. The van der Waals surface area contributed by atoms with Crippen molar-refractivity contribution >= 4 is 27.4 Å². The molecule has 1 saturated carbocycles. The maximum Gasteiger partial charge on any atom is 0.267 e. The lowest BCUT2D eigenvalue weighted by Crippen LogP contribution is -3.16. The summed E-state index contributed by atoms with van der Waals surface area (Å²) in [6, 6.07) is -0.443. The summed E-state index contributed by atoms with van der Waals surface area (Å²) in [7, 11) is 1.16. The van der Waals surface area contributed by atoms with Gasteiger partial charge in [-0.05, 0) is 19.3 Å². The predicted molar refractivity (Wildman–Crippen MR) is 102 cm³/mol. The summed E-state index contributed by atoms with van der Waals surface area (Å²) in [6.45, 7) is 0.596. The highest BCUT2D eigenvalue weighted by molar-refractivity contribution is 7.91. The van der Waals surface area contributed by atoms with E-state index in [0.29, 0.717) is 25.1 Å². The third-order valence-corrected chi connectivity index (χ3v) is 8.09. The molecule has 0 aromatic carbocycles. The van der Waals surface area contributed by atoms with Gasteiger partial charge in [-0.3, -0.25) is 9.59 Å². The largest absolute Gasteiger partial charge is 0.345 e. The van der Waals surface area contributed by atoms with E-state index in [0.717, 1.165) is 12.8 Å². The molecule has 2 fully saturated rings. The van der Waals surface area contributed by atoms with Crippen molar-refractivity contribution < 1.29 is 22.9 Å². The summed E-state index contributed by atoms with van der Waals surface area (Å²) in [5.41, 5.74) is 0.386.